The van der Waals surface area contributed by atoms with E-state index in [2.05, 4.69) is 24.4 Å². The van der Waals surface area contributed by atoms with Crippen molar-refractivity contribution in [1.29, 1.82) is 0 Å². The summed E-state index contributed by atoms with van der Waals surface area (Å²) in [5.74, 6) is 0.600. The van der Waals surface area contributed by atoms with E-state index < -0.39 is 0 Å². The maximum absolute atomic E-state index is 12.6. The number of anilines is 1. The highest BCUT2D eigenvalue weighted by Crippen LogP contribution is 2.26. The van der Waals surface area contributed by atoms with Crippen molar-refractivity contribution in [3.05, 3.63) is 59.7 Å². The number of carbonyl (C=O) groups excluding carboxylic acids is 1. The van der Waals surface area contributed by atoms with Gasteiger partial charge in [-0.15, -0.1) is 0 Å². The van der Waals surface area contributed by atoms with Crippen LogP contribution in [0.25, 0.3) is 0 Å². The van der Waals surface area contributed by atoms with Crippen molar-refractivity contribution in [1.82, 2.24) is 5.32 Å². The van der Waals surface area contributed by atoms with Crippen LogP contribution in [-0.4, -0.2) is 24.2 Å². The highest BCUT2D eigenvalue weighted by atomic mass is 32.1. The minimum atomic E-state index is -0.192. The van der Waals surface area contributed by atoms with E-state index in [9.17, 15) is 4.79 Å². The molecule has 0 fully saturated rings. The summed E-state index contributed by atoms with van der Waals surface area (Å²) in [6.45, 7) is 3.73. The highest BCUT2D eigenvalue weighted by molar-refractivity contribution is 7.80. The second kappa shape index (κ2) is 10.2. The first kappa shape index (κ1) is 20.3. The van der Waals surface area contributed by atoms with Crippen molar-refractivity contribution >= 4 is 28.9 Å². The van der Waals surface area contributed by atoms with E-state index in [0.29, 0.717) is 17.3 Å². The molecule has 0 saturated heterocycles. The predicted octanol–water partition coefficient (Wildman–Crippen LogP) is 5.11. The summed E-state index contributed by atoms with van der Waals surface area (Å²) in [6.07, 6.45) is 6.77. The number of fused-ring (bicyclic) bond motifs is 1. The van der Waals surface area contributed by atoms with Gasteiger partial charge in [0.15, 0.2) is 5.11 Å². The molecule has 0 bridgehead atoms. The molecule has 1 N–H and O–H groups in total. The first-order valence-electron chi connectivity index (χ1n) is 10.1. The number of thiocarbonyl (C=S) groups is 1. The fourth-order valence-electron chi connectivity index (χ4n) is 3.40. The lowest BCUT2D eigenvalue weighted by Gasteiger charge is -2.31. The van der Waals surface area contributed by atoms with Crippen LogP contribution in [0.15, 0.2) is 48.5 Å². The predicted molar refractivity (Wildman–Crippen MR) is 118 cm³/mol. The molecule has 2 aromatic rings. The fourth-order valence-corrected chi connectivity index (χ4v) is 3.69. The van der Waals surface area contributed by atoms with Crippen molar-refractivity contribution in [2.45, 2.75) is 45.4 Å². The molecule has 1 aliphatic rings. The molecule has 0 unspecified atom stereocenters. The number of benzene rings is 2. The number of aryl methyl sites for hydroxylation is 1. The summed E-state index contributed by atoms with van der Waals surface area (Å²) in [5.41, 5.74) is 2.93. The first-order valence-corrected chi connectivity index (χ1v) is 10.5. The van der Waals surface area contributed by atoms with Gasteiger partial charge in [-0.1, -0.05) is 44.4 Å². The van der Waals surface area contributed by atoms with E-state index in [1.54, 1.807) is 12.1 Å². The lowest BCUT2D eigenvalue weighted by Crippen LogP contribution is -2.45. The molecule has 0 atom stereocenters. The average Bonchev–Trinajstić information content (AvgIpc) is 2.73. The molecule has 1 aliphatic heterocycles. The summed E-state index contributed by atoms with van der Waals surface area (Å²) < 4.78 is 5.74. The molecule has 1 heterocycles. The van der Waals surface area contributed by atoms with E-state index >= 15 is 0 Å². The van der Waals surface area contributed by atoms with Crippen LogP contribution < -0.4 is 15.0 Å². The van der Waals surface area contributed by atoms with Gasteiger partial charge < -0.3 is 9.64 Å². The Morgan fingerprint density at radius 2 is 1.89 bits per heavy atom. The molecule has 0 aliphatic carbocycles. The normalized spacial score (nSPS) is 13.0. The third-order valence-corrected chi connectivity index (χ3v) is 5.28. The monoisotopic (exact) mass is 396 g/mol. The second-order valence-corrected chi connectivity index (χ2v) is 7.46. The third-order valence-electron chi connectivity index (χ3n) is 4.96. The van der Waals surface area contributed by atoms with E-state index in [1.165, 1.54) is 24.8 Å². The van der Waals surface area contributed by atoms with E-state index in [4.69, 9.17) is 17.0 Å². The van der Waals surface area contributed by atoms with Gasteiger partial charge in [0.2, 0.25) is 0 Å². The van der Waals surface area contributed by atoms with Gasteiger partial charge in [-0.2, -0.15) is 0 Å². The van der Waals surface area contributed by atoms with Gasteiger partial charge in [0.05, 0.1) is 6.61 Å². The van der Waals surface area contributed by atoms with Crippen molar-refractivity contribution in [2.75, 3.05) is 18.1 Å². The molecular formula is C23H28N2O2S. The summed E-state index contributed by atoms with van der Waals surface area (Å²) in [4.78, 5) is 14.6. The Hall–Kier alpha value is -2.40. The summed E-state index contributed by atoms with van der Waals surface area (Å²) in [7, 11) is 0. The molecule has 0 saturated carbocycles. The molecule has 0 aromatic heterocycles. The minimum Gasteiger partial charge on any atom is -0.494 e. The number of para-hydroxylation sites is 1. The van der Waals surface area contributed by atoms with Crippen LogP contribution >= 0.6 is 12.2 Å². The maximum atomic E-state index is 12.6. The van der Waals surface area contributed by atoms with Gasteiger partial charge in [0.1, 0.15) is 5.75 Å². The molecule has 28 heavy (non-hydrogen) atoms. The van der Waals surface area contributed by atoms with Crippen LogP contribution in [0.5, 0.6) is 5.75 Å². The quantitative estimate of drug-likeness (QED) is 0.521. The van der Waals surface area contributed by atoms with Crippen LogP contribution in [-0.2, 0) is 6.42 Å². The second-order valence-electron chi connectivity index (χ2n) is 7.08. The standard InChI is InChI=1S/C23H28N2O2S/c1-2-3-4-7-17-27-20-14-12-19(13-15-20)22(26)24-23(28)25-16-8-10-18-9-5-6-11-21(18)25/h5-6,9,11-15H,2-4,7-8,10,16-17H2,1H3,(H,24,26,28). The Balaban J connectivity index is 1.54. The maximum Gasteiger partial charge on any atom is 0.257 e. The Kier molecular flexibility index (Phi) is 7.43. The highest BCUT2D eigenvalue weighted by Gasteiger charge is 2.21. The number of unbranched alkanes of at least 4 members (excludes halogenated alkanes) is 3. The van der Waals surface area contributed by atoms with Crippen LogP contribution in [0.3, 0.4) is 0 Å². The molecule has 0 spiro atoms. The molecule has 0 radical (unpaired) electrons. The SMILES string of the molecule is CCCCCCOc1ccc(C(=O)NC(=S)N2CCCc3ccccc32)cc1. The minimum absolute atomic E-state index is 0.192. The topological polar surface area (TPSA) is 41.6 Å². The van der Waals surface area contributed by atoms with Gasteiger partial charge >= 0.3 is 0 Å². The van der Waals surface area contributed by atoms with E-state index in [-0.39, 0.29) is 5.91 Å². The number of carbonyl (C=O) groups is 1. The van der Waals surface area contributed by atoms with Crippen LogP contribution in [0, 0.1) is 0 Å². The van der Waals surface area contributed by atoms with Gasteiger partial charge in [-0.3, -0.25) is 10.1 Å². The summed E-state index contributed by atoms with van der Waals surface area (Å²) >= 11 is 5.51. The molecule has 1 amide bonds. The van der Waals surface area contributed by atoms with Crippen LogP contribution in [0.4, 0.5) is 5.69 Å². The Morgan fingerprint density at radius 3 is 2.68 bits per heavy atom. The number of hydrogen-bond donors (Lipinski definition) is 1. The molecule has 5 heteroatoms. The first-order chi connectivity index (χ1) is 13.7. The molecule has 4 nitrogen and oxygen atoms in total. The summed E-state index contributed by atoms with van der Waals surface area (Å²) in [6, 6.07) is 15.5. The van der Waals surface area contributed by atoms with Crippen molar-refractivity contribution < 1.29 is 9.53 Å². The van der Waals surface area contributed by atoms with Gasteiger partial charge in [-0.25, -0.2) is 0 Å². The Labute approximate surface area is 172 Å². The lowest BCUT2D eigenvalue weighted by atomic mass is 10.0. The number of nitrogens with zero attached hydrogens (tertiary/aromatic N) is 1. The lowest BCUT2D eigenvalue weighted by molar-refractivity contribution is 0.0977. The van der Waals surface area contributed by atoms with E-state index in [0.717, 1.165) is 37.2 Å². The zero-order chi connectivity index (χ0) is 19.8. The summed E-state index contributed by atoms with van der Waals surface area (Å²) in [5, 5.41) is 3.32. The van der Waals surface area contributed by atoms with Crippen molar-refractivity contribution in [2.24, 2.45) is 0 Å². The van der Waals surface area contributed by atoms with Crippen molar-refractivity contribution in [3.63, 3.8) is 0 Å². The van der Waals surface area contributed by atoms with Gasteiger partial charge in [0.25, 0.3) is 5.91 Å². The Bertz CT molecular complexity index is 805. The van der Waals surface area contributed by atoms with Gasteiger partial charge in [-0.05, 0) is 67.4 Å². The molecule has 3 rings (SSSR count). The smallest absolute Gasteiger partial charge is 0.257 e. The molecular weight excluding hydrogens is 368 g/mol. The zero-order valence-electron chi connectivity index (χ0n) is 16.4. The van der Waals surface area contributed by atoms with Crippen LogP contribution in [0.2, 0.25) is 0 Å². The average molecular weight is 397 g/mol. The number of ether oxygens (including phenoxy) is 1. The van der Waals surface area contributed by atoms with E-state index in [1.807, 2.05) is 29.2 Å². The van der Waals surface area contributed by atoms with Crippen molar-refractivity contribution in [3.8, 4) is 5.75 Å². The Morgan fingerprint density at radius 1 is 1.11 bits per heavy atom. The molecule has 148 valence electrons. The number of nitrogens with one attached hydrogen (secondary N) is 1. The number of rotatable bonds is 7. The number of hydrogen-bond acceptors (Lipinski definition) is 3. The zero-order valence-corrected chi connectivity index (χ0v) is 17.3. The van der Waals surface area contributed by atoms with Crippen LogP contribution in [0.1, 0.15) is 54.9 Å². The number of amides is 1. The van der Waals surface area contributed by atoms with Gasteiger partial charge in [0, 0.05) is 17.8 Å². The fraction of sp³-hybridized carbons (Fsp3) is 0.391. The third kappa shape index (κ3) is 5.32. The molecule has 2 aromatic carbocycles. The largest absolute Gasteiger partial charge is 0.494 e.